The van der Waals surface area contributed by atoms with E-state index in [0.717, 1.165) is 3.97 Å². The lowest BCUT2D eigenvalue weighted by molar-refractivity contribution is 0.0517. The Hall–Kier alpha value is -3.23. The molecule has 32 heavy (non-hydrogen) atoms. The SMILES string of the molecule is CCOC(=O)c1c(CS(=O)c2ccccc2)c2ccccc2n1S(=O)(=O)c1ccccc1. The zero-order chi connectivity index (χ0) is 22.7. The fourth-order valence-corrected chi connectivity index (χ4v) is 6.30. The van der Waals surface area contributed by atoms with Crippen LogP contribution in [0.5, 0.6) is 0 Å². The largest absolute Gasteiger partial charge is 0.461 e. The van der Waals surface area contributed by atoms with Crippen molar-refractivity contribution < 1.29 is 22.2 Å². The van der Waals surface area contributed by atoms with E-state index in [0.29, 0.717) is 21.4 Å². The molecule has 0 radical (unpaired) electrons. The van der Waals surface area contributed by atoms with Gasteiger partial charge in [-0.3, -0.25) is 4.21 Å². The average molecular weight is 468 g/mol. The van der Waals surface area contributed by atoms with Crippen molar-refractivity contribution in [3.8, 4) is 0 Å². The normalized spacial score (nSPS) is 12.5. The van der Waals surface area contributed by atoms with Crippen LogP contribution < -0.4 is 0 Å². The maximum atomic E-state index is 13.6. The van der Waals surface area contributed by atoms with E-state index in [2.05, 4.69) is 0 Å². The molecule has 164 valence electrons. The Morgan fingerprint density at radius 1 is 0.906 bits per heavy atom. The van der Waals surface area contributed by atoms with Crippen LogP contribution >= 0.6 is 0 Å². The number of hydrogen-bond acceptors (Lipinski definition) is 5. The first-order valence-corrected chi connectivity index (χ1v) is 12.7. The number of para-hydroxylation sites is 1. The lowest BCUT2D eigenvalue weighted by Gasteiger charge is -2.12. The van der Waals surface area contributed by atoms with Crippen molar-refractivity contribution in [3.63, 3.8) is 0 Å². The third kappa shape index (κ3) is 3.99. The minimum Gasteiger partial charge on any atom is -0.461 e. The predicted molar refractivity (Wildman–Crippen MR) is 123 cm³/mol. The monoisotopic (exact) mass is 467 g/mol. The van der Waals surface area contributed by atoms with Gasteiger partial charge in [-0.25, -0.2) is 17.2 Å². The van der Waals surface area contributed by atoms with Crippen LogP contribution in [0.3, 0.4) is 0 Å². The highest BCUT2D eigenvalue weighted by Crippen LogP contribution is 2.32. The Morgan fingerprint density at radius 3 is 2.16 bits per heavy atom. The summed E-state index contributed by atoms with van der Waals surface area (Å²) in [5.74, 6) is -0.807. The van der Waals surface area contributed by atoms with E-state index < -0.39 is 26.8 Å². The lowest BCUT2D eigenvalue weighted by Crippen LogP contribution is -2.21. The second kappa shape index (κ2) is 9.10. The number of fused-ring (bicyclic) bond motifs is 1. The second-order valence-electron chi connectivity index (χ2n) is 6.95. The van der Waals surface area contributed by atoms with E-state index in [9.17, 15) is 17.4 Å². The van der Waals surface area contributed by atoms with Gasteiger partial charge in [-0.2, -0.15) is 0 Å². The van der Waals surface area contributed by atoms with Crippen LogP contribution in [-0.2, 0) is 31.3 Å². The minimum absolute atomic E-state index is 0.0318. The summed E-state index contributed by atoms with van der Waals surface area (Å²) in [5.41, 5.74) is 0.585. The second-order valence-corrected chi connectivity index (χ2v) is 10.2. The molecule has 0 aliphatic carbocycles. The van der Waals surface area contributed by atoms with E-state index in [1.807, 2.05) is 6.07 Å². The van der Waals surface area contributed by atoms with Gasteiger partial charge in [-0.15, -0.1) is 0 Å². The molecule has 3 aromatic carbocycles. The molecular weight excluding hydrogens is 446 g/mol. The number of rotatable bonds is 7. The summed E-state index contributed by atoms with van der Waals surface area (Å²) < 4.78 is 46.6. The summed E-state index contributed by atoms with van der Waals surface area (Å²) in [7, 11) is -5.62. The van der Waals surface area contributed by atoms with Crippen molar-refractivity contribution in [2.24, 2.45) is 0 Å². The number of carbonyl (C=O) groups is 1. The summed E-state index contributed by atoms with van der Waals surface area (Å²) in [5, 5.41) is 0.541. The molecule has 4 rings (SSSR count). The van der Waals surface area contributed by atoms with Crippen LogP contribution in [0.25, 0.3) is 10.9 Å². The topological polar surface area (TPSA) is 82.4 Å². The van der Waals surface area contributed by atoms with Gasteiger partial charge < -0.3 is 4.74 Å². The van der Waals surface area contributed by atoms with Crippen LogP contribution in [-0.4, -0.2) is 29.2 Å². The number of nitrogens with zero attached hydrogens (tertiary/aromatic N) is 1. The fraction of sp³-hybridized carbons (Fsp3) is 0.125. The molecule has 0 N–H and O–H groups in total. The van der Waals surface area contributed by atoms with Gasteiger partial charge >= 0.3 is 5.97 Å². The predicted octanol–water partition coefficient (Wildman–Crippen LogP) is 4.36. The van der Waals surface area contributed by atoms with Gasteiger partial charge in [0.2, 0.25) is 0 Å². The van der Waals surface area contributed by atoms with Gasteiger partial charge in [0.1, 0.15) is 5.69 Å². The van der Waals surface area contributed by atoms with Crippen LogP contribution in [0.1, 0.15) is 23.0 Å². The van der Waals surface area contributed by atoms with Crippen LogP contribution in [0.15, 0.2) is 94.7 Å². The molecule has 0 aliphatic heterocycles. The molecule has 1 atom stereocenters. The Labute approximate surface area is 189 Å². The van der Waals surface area contributed by atoms with Crippen molar-refractivity contribution >= 4 is 37.7 Å². The molecule has 0 amide bonds. The first-order valence-electron chi connectivity index (χ1n) is 9.98. The van der Waals surface area contributed by atoms with Crippen molar-refractivity contribution in [2.45, 2.75) is 22.5 Å². The van der Waals surface area contributed by atoms with Crippen molar-refractivity contribution in [3.05, 3.63) is 96.2 Å². The molecule has 0 fully saturated rings. The van der Waals surface area contributed by atoms with Gasteiger partial charge in [-0.05, 0) is 37.3 Å². The zero-order valence-electron chi connectivity index (χ0n) is 17.3. The smallest absolute Gasteiger partial charge is 0.356 e. The van der Waals surface area contributed by atoms with E-state index >= 15 is 0 Å². The van der Waals surface area contributed by atoms with E-state index in [-0.39, 0.29) is 22.9 Å². The van der Waals surface area contributed by atoms with Crippen molar-refractivity contribution in [2.75, 3.05) is 6.61 Å². The quantitative estimate of drug-likeness (QED) is 0.377. The van der Waals surface area contributed by atoms with Gasteiger partial charge in [0.05, 0.1) is 33.6 Å². The van der Waals surface area contributed by atoms with Crippen molar-refractivity contribution in [1.82, 2.24) is 3.97 Å². The summed E-state index contributed by atoms with van der Waals surface area (Å²) in [6.07, 6.45) is 0. The highest BCUT2D eigenvalue weighted by atomic mass is 32.2. The van der Waals surface area contributed by atoms with Crippen LogP contribution in [0.4, 0.5) is 0 Å². The number of benzene rings is 3. The molecule has 6 nitrogen and oxygen atoms in total. The summed E-state index contributed by atoms with van der Waals surface area (Å²) >= 11 is 0. The molecule has 0 saturated heterocycles. The first kappa shape index (κ1) is 22.0. The Morgan fingerprint density at radius 2 is 1.50 bits per heavy atom. The summed E-state index contributed by atoms with van der Waals surface area (Å²) in [4.78, 5) is 13.7. The Kier molecular flexibility index (Phi) is 6.25. The molecule has 4 aromatic rings. The molecule has 0 aliphatic rings. The number of hydrogen-bond donors (Lipinski definition) is 0. The number of esters is 1. The summed E-state index contributed by atoms with van der Waals surface area (Å²) in [6.45, 7) is 1.73. The van der Waals surface area contributed by atoms with Gasteiger partial charge in [-0.1, -0.05) is 54.6 Å². The standard InChI is InChI=1S/C24H21NO5S2/c1-2-30-24(26)23-21(17-31(27)18-11-5-3-6-12-18)20-15-9-10-16-22(20)25(23)32(28,29)19-13-7-4-8-14-19/h3-16H,2,17H2,1H3. The molecular formula is C24H21NO5S2. The lowest BCUT2D eigenvalue weighted by atomic mass is 10.1. The highest BCUT2D eigenvalue weighted by molar-refractivity contribution is 7.90. The maximum Gasteiger partial charge on any atom is 0.356 e. The zero-order valence-corrected chi connectivity index (χ0v) is 18.9. The summed E-state index contributed by atoms with van der Waals surface area (Å²) in [6, 6.07) is 23.6. The Balaban J connectivity index is 1.99. The highest BCUT2D eigenvalue weighted by Gasteiger charge is 2.32. The minimum atomic E-state index is -4.12. The fourth-order valence-electron chi connectivity index (χ4n) is 3.56. The first-order chi connectivity index (χ1) is 15.4. The van der Waals surface area contributed by atoms with E-state index in [1.165, 1.54) is 12.1 Å². The maximum absolute atomic E-state index is 13.6. The van der Waals surface area contributed by atoms with Crippen molar-refractivity contribution in [1.29, 1.82) is 0 Å². The molecule has 0 bridgehead atoms. The molecule has 1 aromatic heterocycles. The molecule has 0 spiro atoms. The molecule has 8 heteroatoms. The molecule has 0 saturated carbocycles. The average Bonchev–Trinajstić information content (AvgIpc) is 3.15. The number of carbonyl (C=O) groups excluding carboxylic acids is 1. The van der Waals surface area contributed by atoms with Crippen LogP contribution in [0, 0.1) is 0 Å². The third-order valence-corrected chi connectivity index (χ3v) is 8.05. The number of ether oxygens (including phenoxy) is 1. The van der Waals surface area contributed by atoms with E-state index in [1.54, 1.807) is 73.7 Å². The van der Waals surface area contributed by atoms with Gasteiger partial charge in [0.25, 0.3) is 10.0 Å². The molecule has 1 heterocycles. The van der Waals surface area contributed by atoms with Crippen LogP contribution in [0.2, 0.25) is 0 Å². The van der Waals surface area contributed by atoms with E-state index in [4.69, 9.17) is 4.74 Å². The van der Waals surface area contributed by atoms with Gasteiger partial charge in [0, 0.05) is 15.8 Å². The molecule has 1 unspecified atom stereocenters. The number of aromatic nitrogens is 1. The van der Waals surface area contributed by atoms with Gasteiger partial charge in [0.15, 0.2) is 0 Å². The Bertz CT molecular complexity index is 1390. The third-order valence-electron chi connectivity index (χ3n) is 4.97.